The molecule has 2 N–H and O–H groups in total. The molecule has 28 heavy (non-hydrogen) atoms. The van der Waals surface area contributed by atoms with E-state index in [9.17, 15) is 9.59 Å². The molecule has 0 aliphatic carbocycles. The van der Waals surface area contributed by atoms with Gasteiger partial charge in [0.2, 0.25) is 5.91 Å². The molecule has 3 rings (SSSR count). The molecule has 0 saturated carbocycles. The molecule has 0 radical (unpaired) electrons. The molecule has 2 aromatic carbocycles. The van der Waals surface area contributed by atoms with Crippen molar-refractivity contribution in [1.82, 2.24) is 15.1 Å². The molecule has 1 heterocycles. The Morgan fingerprint density at radius 1 is 1.14 bits per heavy atom. The van der Waals surface area contributed by atoms with Gasteiger partial charge in [0.25, 0.3) is 5.91 Å². The molecule has 1 aromatic heterocycles. The summed E-state index contributed by atoms with van der Waals surface area (Å²) in [6.45, 7) is 3.41. The van der Waals surface area contributed by atoms with Crippen molar-refractivity contribution in [2.75, 3.05) is 11.9 Å². The van der Waals surface area contributed by atoms with Crippen LogP contribution in [-0.4, -0.2) is 28.1 Å². The van der Waals surface area contributed by atoms with E-state index in [0.29, 0.717) is 11.4 Å². The number of aryl methyl sites for hydroxylation is 2. The van der Waals surface area contributed by atoms with Crippen LogP contribution in [0.25, 0.3) is 5.69 Å². The van der Waals surface area contributed by atoms with Crippen LogP contribution in [-0.2, 0) is 4.79 Å². The van der Waals surface area contributed by atoms with Gasteiger partial charge in [0.05, 0.1) is 23.5 Å². The monoisotopic (exact) mass is 460 g/mol. The summed E-state index contributed by atoms with van der Waals surface area (Å²) in [5, 5.41) is 9.91. The fraction of sp³-hybridized carbons (Fsp3) is 0.150. The van der Waals surface area contributed by atoms with Gasteiger partial charge >= 0.3 is 0 Å². The zero-order valence-corrected chi connectivity index (χ0v) is 17.6. The Morgan fingerprint density at radius 3 is 2.54 bits per heavy atom. The van der Waals surface area contributed by atoms with E-state index < -0.39 is 5.91 Å². The fourth-order valence-electron chi connectivity index (χ4n) is 2.71. The third-order valence-electron chi connectivity index (χ3n) is 4.10. The molecule has 0 bridgehead atoms. The Hall–Kier alpha value is -2.64. The van der Waals surface area contributed by atoms with Gasteiger partial charge in [-0.3, -0.25) is 9.59 Å². The van der Waals surface area contributed by atoms with E-state index in [0.717, 1.165) is 15.7 Å². The Bertz CT molecular complexity index is 1030. The highest BCUT2D eigenvalue weighted by atomic mass is 79.9. The predicted molar refractivity (Wildman–Crippen MR) is 113 cm³/mol. The topological polar surface area (TPSA) is 76.0 Å². The number of halogens is 2. The lowest BCUT2D eigenvalue weighted by Gasteiger charge is -2.10. The van der Waals surface area contributed by atoms with Crippen molar-refractivity contribution >= 4 is 45.0 Å². The van der Waals surface area contributed by atoms with Crippen LogP contribution < -0.4 is 10.6 Å². The van der Waals surface area contributed by atoms with Crippen molar-refractivity contribution in [3.63, 3.8) is 0 Å². The van der Waals surface area contributed by atoms with Crippen molar-refractivity contribution in [2.45, 2.75) is 13.8 Å². The minimum Gasteiger partial charge on any atom is -0.343 e. The smallest absolute Gasteiger partial charge is 0.256 e. The number of aromatic nitrogens is 2. The summed E-state index contributed by atoms with van der Waals surface area (Å²) in [5.41, 5.74) is 3.08. The van der Waals surface area contributed by atoms with E-state index in [1.165, 1.54) is 4.68 Å². The van der Waals surface area contributed by atoms with Gasteiger partial charge in [-0.2, -0.15) is 5.10 Å². The lowest BCUT2D eigenvalue weighted by atomic mass is 10.2. The van der Waals surface area contributed by atoms with Gasteiger partial charge in [-0.05, 0) is 49.7 Å². The van der Waals surface area contributed by atoms with Gasteiger partial charge in [-0.15, -0.1) is 0 Å². The molecule has 0 aliphatic rings. The van der Waals surface area contributed by atoms with Gasteiger partial charge in [0.15, 0.2) is 0 Å². The van der Waals surface area contributed by atoms with E-state index in [-0.39, 0.29) is 23.2 Å². The van der Waals surface area contributed by atoms with Crippen LogP contribution in [0, 0.1) is 13.8 Å². The Balaban J connectivity index is 1.68. The van der Waals surface area contributed by atoms with E-state index in [1.807, 2.05) is 49.4 Å². The van der Waals surface area contributed by atoms with Crippen LogP contribution >= 0.6 is 27.5 Å². The van der Waals surface area contributed by atoms with Crippen LogP contribution in [0.4, 0.5) is 5.69 Å². The van der Waals surface area contributed by atoms with Crippen LogP contribution in [0.3, 0.4) is 0 Å². The van der Waals surface area contributed by atoms with Crippen LogP contribution in [0.1, 0.15) is 21.6 Å². The normalized spacial score (nSPS) is 10.6. The minimum absolute atomic E-state index is 0.180. The number of rotatable bonds is 5. The maximum absolute atomic E-state index is 12.6. The van der Waals surface area contributed by atoms with Crippen molar-refractivity contribution in [1.29, 1.82) is 0 Å². The SMILES string of the molecule is Cc1cc(Br)ccc1NC(=O)CNC(=O)c1c(C)nn(-c2ccccc2)c1Cl. The van der Waals surface area contributed by atoms with E-state index in [1.54, 1.807) is 13.0 Å². The second-order valence-corrected chi connectivity index (χ2v) is 7.46. The molecular formula is C20H18BrClN4O2. The summed E-state index contributed by atoms with van der Waals surface area (Å²) in [7, 11) is 0. The highest BCUT2D eigenvalue weighted by molar-refractivity contribution is 9.10. The number of hydrogen-bond donors (Lipinski definition) is 2. The van der Waals surface area contributed by atoms with Gasteiger partial charge in [-0.25, -0.2) is 4.68 Å². The first-order valence-corrected chi connectivity index (χ1v) is 9.68. The molecule has 0 unspecified atom stereocenters. The first-order chi connectivity index (χ1) is 13.4. The van der Waals surface area contributed by atoms with Crippen molar-refractivity contribution in [2.24, 2.45) is 0 Å². The molecule has 0 spiro atoms. The van der Waals surface area contributed by atoms with E-state index in [4.69, 9.17) is 11.6 Å². The number of carbonyl (C=O) groups excluding carboxylic acids is 2. The maximum Gasteiger partial charge on any atom is 0.256 e. The number of nitrogens with zero attached hydrogens (tertiary/aromatic N) is 2. The lowest BCUT2D eigenvalue weighted by Crippen LogP contribution is -2.33. The molecule has 0 aliphatic heterocycles. The zero-order chi connectivity index (χ0) is 20.3. The Morgan fingerprint density at radius 2 is 1.86 bits per heavy atom. The summed E-state index contributed by atoms with van der Waals surface area (Å²) in [6.07, 6.45) is 0. The summed E-state index contributed by atoms with van der Waals surface area (Å²) >= 11 is 9.75. The first-order valence-electron chi connectivity index (χ1n) is 8.51. The molecule has 6 nitrogen and oxygen atoms in total. The summed E-state index contributed by atoms with van der Waals surface area (Å²) in [4.78, 5) is 24.8. The quantitative estimate of drug-likeness (QED) is 0.596. The standard InChI is InChI=1S/C20H18BrClN4O2/c1-12-10-14(21)8-9-16(12)24-17(27)11-23-20(28)18-13(2)25-26(19(18)22)15-6-4-3-5-7-15/h3-10H,11H2,1-2H3,(H,23,28)(H,24,27). The van der Waals surface area contributed by atoms with Gasteiger partial charge < -0.3 is 10.6 Å². The average molecular weight is 462 g/mol. The number of benzene rings is 2. The molecule has 0 fully saturated rings. The maximum atomic E-state index is 12.6. The highest BCUT2D eigenvalue weighted by Gasteiger charge is 2.21. The minimum atomic E-state index is -0.452. The number of hydrogen-bond acceptors (Lipinski definition) is 3. The first kappa shape index (κ1) is 20.1. The Kier molecular flexibility index (Phi) is 6.16. The number of carbonyl (C=O) groups is 2. The van der Waals surface area contributed by atoms with Crippen molar-refractivity contribution < 1.29 is 9.59 Å². The third kappa shape index (κ3) is 4.43. The number of para-hydroxylation sites is 1. The second-order valence-electron chi connectivity index (χ2n) is 6.19. The summed E-state index contributed by atoms with van der Waals surface area (Å²) < 4.78 is 2.42. The molecule has 8 heteroatoms. The largest absolute Gasteiger partial charge is 0.343 e. The molecule has 0 saturated heterocycles. The Labute approximate surface area is 176 Å². The van der Waals surface area contributed by atoms with Crippen molar-refractivity contribution in [3.8, 4) is 5.69 Å². The predicted octanol–water partition coefficient (Wildman–Crippen LogP) is 4.27. The van der Waals surface area contributed by atoms with E-state index >= 15 is 0 Å². The number of nitrogens with one attached hydrogen (secondary N) is 2. The number of amides is 2. The zero-order valence-electron chi connectivity index (χ0n) is 15.3. The highest BCUT2D eigenvalue weighted by Crippen LogP contribution is 2.23. The molecule has 144 valence electrons. The fourth-order valence-corrected chi connectivity index (χ4v) is 3.54. The van der Waals surface area contributed by atoms with Crippen molar-refractivity contribution in [3.05, 3.63) is 75.0 Å². The van der Waals surface area contributed by atoms with Gasteiger partial charge in [-0.1, -0.05) is 45.7 Å². The summed E-state index contributed by atoms with van der Waals surface area (Å²) in [5.74, 6) is -0.782. The van der Waals surface area contributed by atoms with Crippen LogP contribution in [0.2, 0.25) is 5.15 Å². The number of anilines is 1. The van der Waals surface area contributed by atoms with Crippen LogP contribution in [0.5, 0.6) is 0 Å². The lowest BCUT2D eigenvalue weighted by molar-refractivity contribution is -0.115. The van der Waals surface area contributed by atoms with Gasteiger partial charge in [0, 0.05) is 10.2 Å². The molecule has 3 aromatic rings. The van der Waals surface area contributed by atoms with E-state index in [2.05, 4.69) is 31.7 Å². The molecule has 2 amide bonds. The third-order valence-corrected chi connectivity index (χ3v) is 4.95. The van der Waals surface area contributed by atoms with Gasteiger partial charge in [0.1, 0.15) is 5.15 Å². The molecule has 0 atom stereocenters. The summed E-state index contributed by atoms with van der Waals surface area (Å²) in [6, 6.07) is 14.8. The second kappa shape index (κ2) is 8.58. The average Bonchev–Trinajstić information content (AvgIpc) is 2.97. The molecular weight excluding hydrogens is 444 g/mol. The van der Waals surface area contributed by atoms with Crippen LogP contribution in [0.15, 0.2) is 53.0 Å².